The van der Waals surface area contributed by atoms with Crippen molar-refractivity contribution in [1.82, 2.24) is 9.55 Å². The number of methoxy groups -OCH3 is 2. The Morgan fingerprint density at radius 2 is 1.48 bits per heavy atom. The van der Waals surface area contributed by atoms with Crippen LogP contribution in [0.15, 0.2) is 70.5 Å². The number of pyridine rings is 2. The van der Waals surface area contributed by atoms with E-state index in [1.807, 2.05) is 0 Å². The van der Waals surface area contributed by atoms with Crippen molar-refractivity contribution in [2.75, 3.05) is 14.2 Å². The predicted molar refractivity (Wildman–Crippen MR) is 102 cm³/mol. The van der Waals surface area contributed by atoms with Crippen LogP contribution in [0.4, 0.5) is 4.39 Å². The topological polar surface area (TPSA) is 107 Å². The Kier molecular flexibility index (Phi) is 7.19. The van der Waals surface area contributed by atoms with Crippen LogP contribution in [0.2, 0.25) is 0 Å². The molecule has 0 saturated heterocycles. The first kappa shape index (κ1) is 21.3. The van der Waals surface area contributed by atoms with E-state index in [1.165, 1.54) is 67.6 Å². The maximum absolute atomic E-state index is 12.8. The van der Waals surface area contributed by atoms with E-state index in [-0.39, 0.29) is 11.1 Å². The molecule has 0 atom stereocenters. The standard InChI is InChI=1S/C13H10FNO3.C7H7NO3/c1-18-13(17)11-3-2-8-15(12(11)16)10-6-4-9(14)5-7-10;1-11-7(10)5-3-2-4-8-6(5)9/h2-8H,1H3;2-4H,1H3,(H,8,9). The molecule has 3 rings (SSSR count). The van der Waals surface area contributed by atoms with Crippen LogP contribution in [-0.4, -0.2) is 35.7 Å². The minimum atomic E-state index is -0.698. The van der Waals surface area contributed by atoms with Gasteiger partial charge in [-0.05, 0) is 48.5 Å². The van der Waals surface area contributed by atoms with Gasteiger partial charge in [-0.2, -0.15) is 0 Å². The van der Waals surface area contributed by atoms with Crippen molar-refractivity contribution in [1.29, 1.82) is 0 Å². The Hall–Kier alpha value is -4.01. The smallest absolute Gasteiger partial charge is 0.343 e. The zero-order valence-electron chi connectivity index (χ0n) is 15.5. The Morgan fingerprint density at radius 1 is 0.897 bits per heavy atom. The number of carbonyl (C=O) groups is 2. The van der Waals surface area contributed by atoms with Crippen LogP contribution in [0.5, 0.6) is 0 Å². The van der Waals surface area contributed by atoms with Crippen LogP contribution in [0.25, 0.3) is 5.69 Å². The van der Waals surface area contributed by atoms with Crippen molar-refractivity contribution in [3.8, 4) is 5.69 Å². The second-order valence-corrected chi connectivity index (χ2v) is 5.47. The summed E-state index contributed by atoms with van der Waals surface area (Å²) >= 11 is 0. The zero-order valence-corrected chi connectivity index (χ0v) is 15.5. The average molecular weight is 400 g/mol. The summed E-state index contributed by atoms with van der Waals surface area (Å²) in [5.41, 5.74) is -0.498. The molecule has 9 heteroatoms. The van der Waals surface area contributed by atoms with Gasteiger partial charge in [0, 0.05) is 18.1 Å². The van der Waals surface area contributed by atoms with Crippen molar-refractivity contribution in [2.24, 2.45) is 0 Å². The first-order chi connectivity index (χ1) is 13.9. The van der Waals surface area contributed by atoms with E-state index in [1.54, 1.807) is 12.1 Å². The van der Waals surface area contributed by atoms with Gasteiger partial charge >= 0.3 is 11.9 Å². The van der Waals surface area contributed by atoms with Crippen LogP contribution >= 0.6 is 0 Å². The molecule has 0 aliphatic heterocycles. The molecule has 0 aliphatic rings. The molecule has 8 nitrogen and oxygen atoms in total. The van der Waals surface area contributed by atoms with Crippen molar-refractivity contribution in [3.63, 3.8) is 0 Å². The van der Waals surface area contributed by atoms with Crippen LogP contribution in [0, 0.1) is 5.82 Å². The third-order valence-corrected chi connectivity index (χ3v) is 3.68. The van der Waals surface area contributed by atoms with Crippen molar-refractivity contribution in [3.05, 3.63) is 98.6 Å². The van der Waals surface area contributed by atoms with Crippen molar-refractivity contribution >= 4 is 11.9 Å². The average Bonchev–Trinajstić information content (AvgIpc) is 2.74. The van der Waals surface area contributed by atoms with Gasteiger partial charge in [0.05, 0.1) is 14.2 Å². The fourth-order valence-electron chi connectivity index (χ4n) is 2.26. The highest BCUT2D eigenvalue weighted by Gasteiger charge is 2.12. The Labute approximate surface area is 164 Å². The number of H-pyrrole nitrogens is 1. The number of esters is 2. The molecular weight excluding hydrogens is 383 g/mol. The van der Waals surface area contributed by atoms with Crippen LogP contribution < -0.4 is 11.1 Å². The molecule has 1 aromatic carbocycles. The van der Waals surface area contributed by atoms with Crippen LogP contribution in [0.3, 0.4) is 0 Å². The summed E-state index contributed by atoms with van der Waals surface area (Å²) in [5.74, 6) is -1.71. The van der Waals surface area contributed by atoms with E-state index < -0.39 is 28.9 Å². The number of aromatic amines is 1. The summed E-state index contributed by atoms with van der Waals surface area (Å²) in [6.07, 6.45) is 2.96. The summed E-state index contributed by atoms with van der Waals surface area (Å²) in [6.45, 7) is 0. The Balaban J connectivity index is 0.000000234. The summed E-state index contributed by atoms with van der Waals surface area (Å²) < 4.78 is 22.9. The Bertz CT molecular complexity index is 1120. The van der Waals surface area contributed by atoms with Crippen molar-refractivity contribution in [2.45, 2.75) is 0 Å². The SMILES string of the molecule is COC(=O)c1ccc[nH]c1=O.COC(=O)c1cccn(-c2ccc(F)cc2)c1=O. The van der Waals surface area contributed by atoms with Gasteiger partial charge in [0.25, 0.3) is 11.1 Å². The number of carbonyl (C=O) groups excluding carboxylic acids is 2. The molecular formula is C20H17FN2O6. The monoisotopic (exact) mass is 400 g/mol. The van der Waals surface area contributed by atoms with E-state index in [0.717, 1.165) is 0 Å². The maximum Gasteiger partial charge on any atom is 0.343 e. The highest BCUT2D eigenvalue weighted by atomic mass is 19.1. The minimum Gasteiger partial charge on any atom is -0.465 e. The number of nitrogens with zero attached hydrogens (tertiary/aromatic N) is 1. The molecule has 0 aliphatic carbocycles. The number of hydrogen-bond acceptors (Lipinski definition) is 6. The fraction of sp³-hybridized carbons (Fsp3) is 0.100. The molecule has 1 N–H and O–H groups in total. The summed E-state index contributed by atoms with van der Waals surface area (Å²) in [4.78, 5) is 47.4. The van der Waals surface area contributed by atoms with E-state index in [0.29, 0.717) is 5.69 Å². The van der Waals surface area contributed by atoms with Crippen molar-refractivity contribution < 1.29 is 23.5 Å². The lowest BCUT2D eigenvalue weighted by atomic mass is 10.2. The second-order valence-electron chi connectivity index (χ2n) is 5.47. The third-order valence-electron chi connectivity index (χ3n) is 3.68. The highest BCUT2D eigenvalue weighted by molar-refractivity contribution is 5.89. The largest absolute Gasteiger partial charge is 0.465 e. The lowest BCUT2D eigenvalue weighted by Crippen LogP contribution is -2.25. The molecule has 2 aromatic heterocycles. The number of hydrogen-bond donors (Lipinski definition) is 1. The van der Waals surface area contributed by atoms with Gasteiger partial charge in [0.1, 0.15) is 16.9 Å². The first-order valence-electron chi connectivity index (χ1n) is 8.21. The van der Waals surface area contributed by atoms with Gasteiger partial charge in [-0.25, -0.2) is 14.0 Å². The normalized spacial score (nSPS) is 9.76. The number of nitrogens with one attached hydrogen (secondary N) is 1. The van der Waals surface area contributed by atoms with Gasteiger partial charge in [-0.1, -0.05) is 0 Å². The van der Waals surface area contributed by atoms with Gasteiger partial charge in [0.15, 0.2) is 0 Å². The summed E-state index contributed by atoms with van der Waals surface area (Å²) in [5, 5.41) is 0. The number of benzene rings is 1. The molecule has 0 fully saturated rings. The molecule has 0 amide bonds. The molecule has 0 bridgehead atoms. The zero-order chi connectivity index (χ0) is 21.4. The number of ether oxygens (including phenoxy) is 2. The van der Waals surface area contributed by atoms with Crippen LogP contribution in [0.1, 0.15) is 20.7 Å². The molecule has 0 saturated carbocycles. The quantitative estimate of drug-likeness (QED) is 0.673. The molecule has 0 unspecified atom stereocenters. The number of rotatable bonds is 3. The molecule has 0 radical (unpaired) electrons. The van der Waals surface area contributed by atoms with E-state index >= 15 is 0 Å². The maximum atomic E-state index is 12.8. The summed E-state index contributed by atoms with van der Waals surface area (Å²) in [7, 11) is 2.44. The van der Waals surface area contributed by atoms with E-state index in [9.17, 15) is 23.6 Å². The molecule has 2 heterocycles. The highest BCUT2D eigenvalue weighted by Crippen LogP contribution is 2.07. The number of halogens is 1. The van der Waals surface area contributed by atoms with Gasteiger partial charge < -0.3 is 14.5 Å². The van der Waals surface area contributed by atoms with Gasteiger partial charge in [-0.15, -0.1) is 0 Å². The molecule has 3 aromatic rings. The first-order valence-corrected chi connectivity index (χ1v) is 8.21. The van der Waals surface area contributed by atoms with E-state index in [2.05, 4.69) is 14.5 Å². The van der Waals surface area contributed by atoms with Gasteiger partial charge in [0.2, 0.25) is 0 Å². The predicted octanol–water partition coefficient (Wildman–Crippen LogP) is 1.92. The molecule has 150 valence electrons. The van der Waals surface area contributed by atoms with E-state index in [4.69, 9.17) is 0 Å². The molecule has 0 spiro atoms. The van der Waals surface area contributed by atoms with Gasteiger partial charge in [-0.3, -0.25) is 14.2 Å². The summed E-state index contributed by atoms with van der Waals surface area (Å²) in [6, 6.07) is 11.3. The lowest BCUT2D eigenvalue weighted by molar-refractivity contribution is 0.0589. The van der Waals surface area contributed by atoms with Crippen LogP contribution in [-0.2, 0) is 9.47 Å². The Morgan fingerprint density at radius 3 is 2.07 bits per heavy atom. The molecule has 29 heavy (non-hydrogen) atoms. The minimum absolute atomic E-state index is 0.0231. The third kappa shape index (κ3) is 5.25. The lowest BCUT2D eigenvalue weighted by Gasteiger charge is -2.06. The fourth-order valence-corrected chi connectivity index (χ4v) is 2.26. The number of aromatic nitrogens is 2. The second kappa shape index (κ2) is 9.79.